The lowest BCUT2D eigenvalue weighted by atomic mass is 10.6. The molecule has 4 nitrogen and oxygen atoms in total. The van der Waals surface area contributed by atoms with Gasteiger partial charge in [0.05, 0.1) is 0 Å². The van der Waals surface area contributed by atoms with E-state index in [1.807, 2.05) is 0 Å². The summed E-state index contributed by atoms with van der Waals surface area (Å²) in [6.45, 7) is 0. The molecule has 1 aromatic heterocycles. The lowest BCUT2D eigenvalue weighted by Crippen LogP contribution is -1.93. The Kier molecular flexibility index (Phi) is 2.21. The van der Waals surface area contributed by atoms with E-state index in [1.54, 1.807) is 0 Å². The Morgan fingerprint density at radius 3 is 2.64 bits per heavy atom. The van der Waals surface area contributed by atoms with Crippen molar-refractivity contribution in [2.75, 3.05) is 0 Å². The van der Waals surface area contributed by atoms with Crippen molar-refractivity contribution in [3.63, 3.8) is 0 Å². The van der Waals surface area contributed by atoms with E-state index in [0.717, 1.165) is 11.3 Å². The van der Waals surface area contributed by atoms with Crippen LogP contribution in [-0.4, -0.2) is 22.3 Å². The second kappa shape index (κ2) is 2.98. The Bertz CT molecular complexity index is 309. The van der Waals surface area contributed by atoms with Crippen molar-refractivity contribution in [1.82, 2.24) is 4.98 Å². The third-order valence-corrected chi connectivity index (χ3v) is 2.27. The van der Waals surface area contributed by atoms with Gasteiger partial charge < -0.3 is 5.11 Å². The van der Waals surface area contributed by atoms with Gasteiger partial charge in [-0.2, -0.15) is 0 Å². The van der Waals surface area contributed by atoms with Crippen LogP contribution in [0.3, 0.4) is 0 Å². The van der Waals surface area contributed by atoms with Gasteiger partial charge in [0.2, 0.25) is 5.01 Å². The standard InChI is InChI=1S/C5H2ClNO3S/c6-3-2(1-8)11-4(7-3)5(9)10/h1H,(H,9,10). The van der Waals surface area contributed by atoms with Gasteiger partial charge in [-0.3, -0.25) is 4.79 Å². The van der Waals surface area contributed by atoms with Crippen molar-refractivity contribution in [2.45, 2.75) is 0 Å². The third-order valence-electron chi connectivity index (χ3n) is 0.900. The van der Waals surface area contributed by atoms with Crippen LogP contribution in [0.15, 0.2) is 0 Å². The van der Waals surface area contributed by atoms with Crippen molar-refractivity contribution < 1.29 is 14.7 Å². The molecule has 58 valence electrons. The summed E-state index contributed by atoms with van der Waals surface area (Å²) >= 11 is 6.15. The zero-order valence-electron chi connectivity index (χ0n) is 5.07. The van der Waals surface area contributed by atoms with Crippen molar-refractivity contribution in [2.24, 2.45) is 0 Å². The fraction of sp³-hybridized carbons (Fsp3) is 0. The van der Waals surface area contributed by atoms with Gasteiger partial charge in [0.15, 0.2) is 11.4 Å². The zero-order chi connectivity index (χ0) is 8.43. The van der Waals surface area contributed by atoms with Gasteiger partial charge in [0.25, 0.3) is 0 Å². The minimum Gasteiger partial charge on any atom is -0.476 e. The first-order valence-electron chi connectivity index (χ1n) is 2.50. The maximum absolute atomic E-state index is 10.3. The SMILES string of the molecule is O=Cc1sc(C(=O)O)nc1Cl. The highest BCUT2D eigenvalue weighted by Crippen LogP contribution is 2.20. The summed E-state index contributed by atoms with van der Waals surface area (Å²) < 4.78 is 0. The summed E-state index contributed by atoms with van der Waals surface area (Å²) in [6, 6.07) is 0. The number of halogens is 1. The van der Waals surface area contributed by atoms with E-state index in [9.17, 15) is 9.59 Å². The maximum atomic E-state index is 10.3. The summed E-state index contributed by atoms with van der Waals surface area (Å²) in [5.41, 5.74) is 0. The molecule has 0 aliphatic carbocycles. The number of nitrogens with zero attached hydrogens (tertiary/aromatic N) is 1. The van der Waals surface area contributed by atoms with E-state index in [2.05, 4.69) is 4.98 Å². The second-order valence-corrected chi connectivity index (χ2v) is 2.99. The van der Waals surface area contributed by atoms with E-state index < -0.39 is 5.97 Å². The first kappa shape index (κ1) is 8.16. The third kappa shape index (κ3) is 1.55. The Morgan fingerprint density at radius 1 is 1.73 bits per heavy atom. The minimum atomic E-state index is -1.18. The number of carbonyl (C=O) groups excluding carboxylic acids is 1. The molecule has 0 spiro atoms. The summed E-state index contributed by atoms with van der Waals surface area (Å²) in [4.78, 5) is 24.0. The van der Waals surface area contributed by atoms with Crippen LogP contribution in [-0.2, 0) is 0 Å². The molecule has 0 bridgehead atoms. The van der Waals surface area contributed by atoms with Crippen LogP contribution in [0.5, 0.6) is 0 Å². The summed E-state index contributed by atoms with van der Waals surface area (Å²) in [5.74, 6) is -1.18. The maximum Gasteiger partial charge on any atom is 0.365 e. The van der Waals surface area contributed by atoms with Crippen molar-refractivity contribution in [1.29, 1.82) is 0 Å². The number of aldehydes is 1. The quantitative estimate of drug-likeness (QED) is 0.716. The number of carboxylic acids is 1. The van der Waals surface area contributed by atoms with Crippen LogP contribution in [0.4, 0.5) is 0 Å². The van der Waals surface area contributed by atoms with Gasteiger partial charge in [-0.15, -0.1) is 11.3 Å². The van der Waals surface area contributed by atoms with Crippen LogP contribution in [0.1, 0.15) is 19.5 Å². The topological polar surface area (TPSA) is 67.3 Å². The molecular weight excluding hydrogens is 190 g/mol. The summed E-state index contributed by atoms with van der Waals surface area (Å²) in [5, 5.41) is 8.17. The van der Waals surface area contributed by atoms with Crippen molar-refractivity contribution in [3.8, 4) is 0 Å². The zero-order valence-corrected chi connectivity index (χ0v) is 6.65. The fourth-order valence-corrected chi connectivity index (χ4v) is 1.38. The highest BCUT2D eigenvalue weighted by Gasteiger charge is 2.13. The second-order valence-electron chi connectivity index (χ2n) is 1.60. The van der Waals surface area contributed by atoms with Gasteiger partial charge in [0.1, 0.15) is 4.88 Å². The normalized spacial score (nSPS) is 9.55. The average molecular weight is 192 g/mol. The van der Waals surface area contributed by atoms with Crippen molar-refractivity contribution >= 4 is 35.2 Å². The Balaban J connectivity index is 3.14. The van der Waals surface area contributed by atoms with E-state index in [1.165, 1.54) is 0 Å². The summed E-state index contributed by atoms with van der Waals surface area (Å²) in [6.07, 6.45) is 0.479. The van der Waals surface area contributed by atoms with Gasteiger partial charge in [0, 0.05) is 0 Å². The van der Waals surface area contributed by atoms with E-state index in [4.69, 9.17) is 16.7 Å². The largest absolute Gasteiger partial charge is 0.476 e. The number of rotatable bonds is 2. The molecule has 1 aromatic rings. The predicted octanol–water partition coefficient (Wildman–Crippen LogP) is 1.31. The molecule has 0 saturated heterocycles. The molecule has 1 rings (SSSR count). The highest BCUT2D eigenvalue weighted by atomic mass is 35.5. The van der Waals surface area contributed by atoms with Crippen LogP contribution in [0.2, 0.25) is 5.15 Å². The predicted molar refractivity (Wildman–Crippen MR) is 39.5 cm³/mol. The van der Waals surface area contributed by atoms with Crippen molar-refractivity contribution in [3.05, 3.63) is 15.0 Å². The van der Waals surface area contributed by atoms with Gasteiger partial charge in [-0.05, 0) is 0 Å². The average Bonchev–Trinajstić information content (AvgIpc) is 2.31. The molecule has 0 aromatic carbocycles. The van der Waals surface area contributed by atoms with Gasteiger partial charge >= 0.3 is 5.97 Å². The molecule has 0 radical (unpaired) electrons. The Morgan fingerprint density at radius 2 is 2.36 bits per heavy atom. The van der Waals surface area contributed by atoms with Crippen LogP contribution in [0.25, 0.3) is 0 Å². The molecule has 0 atom stereocenters. The van der Waals surface area contributed by atoms with E-state index in [0.29, 0.717) is 6.29 Å². The molecule has 6 heteroatoms. The molecular formula is C5H2ClNO3S. The number of carboxylic acid groups (broad SMARTS) is 1. The molecule has 0 fully saturated rings. The molecule has 1 N–H and O–H groups in total. The molecule has 0 amide bonds. The summed E-state index contributed by atoms with van der Waals surface area (Å²) in [7, 11) is 0. The molecule has 0 aliphatic rings. The number of aromatic nitrogens is 1. The molecule has 0 unspecified atom stereocenters. The van der Waals surface area contributed by atoms with E-state index >= 15 is 0 Å². The lowest BCUT2D eigenvalue weighted by molar-refractivity contribution is 0.0696. The molecule has 0 saturated carbocycles. The number of hydrogen-bond donors (Lipinski definition) is 1. The fourth-order valence-electron chi connectivity index (χ4n) is 0.477. The number of thiazole rings is 1. The molecule has 11 heavy (non-hydrogen) atoms. The van der Waals surface area contributed by atoms with Gasteiger partial charge in [-0.25, -0.2) is 9.78 Å². The molecule has 1 heterocycles. The Hall–Kier alpha value is -0.940. The smallest absolute Gasteiger partial charge is 0.365 e. The monoisotopic (exact) mass is 191 g/mol. The molecule has 0 aliphatic heterocycles. The highest BCUT2D eigenvalue weighted by molar-refractivity contribution is 7.15. The number of aromatic carboxylic acids is 1. The van der Waals surface area contributed by atoms with Crippen LogP contribution in [0, 0.1) is 0 Å². The first-order valence-corrected chi connectivity index (χ1v) is 3.69. The van der Waals surface area contributed by atoms with Crippen LogP contribution < -0.4 is 0 Å². The van der Waals surface area contributed by atoms with Gasteiger partial charge in [-0.1, -0.05) is 11.6 Å². The first-order chi connectivity index (χ1) is 5.15. The number of carbonyl (C=O) groups is 2. The van der Waals surface area contributed by atoms with E-state index in [-0.39, 0.29) is 15.0 Å². The minimum absolute atomic E-state index is 0.0533. The Labute approximate surface area is 70.4 Å². The number of hydrogen-bond acceptors (Lipinski definition) is 4. The van der Waals surface area contributed by atoms with Crippen LogP contribution >= 0.6 is 22.9 Å². The lowest BCUT2D eigenvalue weighted by Gasteiger charge is -1.78.